The van der Waals surface area contributed by atoms with E-state index in [1.54, 1.807) is 0 Å². The Morgan fingerprint density at radius 1 is 0.250 bits per heavy atom. The summed E-state index contributed by atoms with van der Waals surface area (Å²) in [6, 6.07) is 0. The average molecular weight is 1040 g/mol. The summed E-state index contributed by atoms with van der Waals surface area (Å²) in [5, 5.41) is 0. The van der Waals surface area contributed by atoms with Gasteiger partial charge in [-0.2, -0.15) is 0 Å². The van der Waals surface area contributed by atoms with E-state index in [4.69, 9.17) is 0 Å². The van der Waals surface area contributed by atoms with E-state index in [1.165, 1.54) is 0 Å². The van der Waals surface area contributed by atoms with Gasteiger partial charge in [-0.1, -0.05) is 0 Å². The third kappa shape index (κ3) is 37.0. The second-order valence-corrected chi connectivity index (χ2v) is 0. The van der Waals surface area contributed by atoms with Gasteiger partial charge in [0.05, 0.1) is 0 Å². The molecule has 0 atom stereocenters. The Labute approximate surface area is 233 Å². The minimum atomic E-state index is 0. The molecule has 0 aliphatic rings. The first-order valence-corrected chi connectivity index (χ1v) is 0. The van der Waals surface area contributed by atoms with Crippen molar-refractivity contribution in [1.82, 2.24) is 0 Å². The fourth-order valence-electron chi connectivity index (χ4n) is 0. The minimum Gasteiger partial charge on any atom is 0 e. The first-order chi connectivity index (χ1) is 0. The fraction of sp³-hybridized carbons (Fsp3) is 0. The molecule has 0 aromatic rings. The van der Waals surface area contributed by atoms with Gasteiger partial charge in [0, 0.05) is 241 Å². The van der Waals surface area contributed by atoms with Crippen LogP contribution >= 0.6 is 0 Å². The summed E-state index contributed by atoms with van der Waals surface area (Å²) in [5.74, 6) is 0. The topological polar surface area (TPSA) is 0 Å². The summed E-state index contributed by atoms with van der Waals surface area (Å²) in [6.45, 7) is 0. The van der Waals surface area contributed by atoms with Gasteiger partial charge in [-0.25, -0.2) is 0 Å². The van der Waals surface area contributed by atoms with Gasteiger partial charge >= 0.3 is 0 Å². The second kappa shape index (κ2) is 46.1. The summed E-state index contributed by atoms with van der Waals surface area (Å²) in [7, 11) is 0. The molecule has 0 unspecified atom stereocenters. The molecule has 0 N–H and O–H groups in total. The van der Waals surface area contributed by atoms with Crippen molar-refractivity contribution in [1.29, 1.82) is 0 Å². The predicted octanol–water partition coefficient (Wildman–Crippen LogP) is -1.14. The van der Waals surface area contributed by atoms with Crippen LogP contribution < -0.4 is 0 Å². The van der Waals surface area contributed by atoms with Crippen molar-refractivity contribution in [3.05, 3.63) is 0 Å². The maximum atomic E-state index is 0. The van der Waals surface area contributed by atoms with Crippen LogP contribution in [0.25, 0.3) is 0 Å². The van der Waals surface area contributed by atoms with Gasteiger partial charge in [0.15, 0.2) is 0 Å². The van der Waals surface area contributed by atoms with Gasteiger partial charge in [0.1, 0.15) is 0 Å². The summed E-state index contributed by atoms with van der Waals surface area (Å²) in [4.78, 5) is 0. The molecule has 8 heavy (non-hydrogen) atoms. The molecule has 0 saturated carbocycles. The quantitative estimate of drug-likeness (QED) is 0.270. The van der Waals surface area contributed by atoms with Gasteiger partial charge < -0.3 is 0 Å². The SMILES string of the molecule is [Ge].[Ge].[Ge].[Ho].[Ho].[Ho].[Ho].[Ho]. The predicted molar refractivity (Wildman–Crippen MR) is 17.3 cm³/mol. The summed E-state index contributed by atoms with van der Waals surface area (Å²) < 4.78 is 0. The Kier molecular flexibility index (Phi) is 325. The monoisotopic (exact) mass is 1050 g/mol. The third-order valence-corrected chi connectivity index (χ3v) is 0. The molecule has 0 fully saturated rings. The largest absolute Gasteiger partial charge is 0 e. The summed E-state index contributed by atoms with van der Waals surface area (Å²) >= 11 is 0. The fourth-order valence-corrected chi connectivity index (χ4v) is 0. The first kappa shape index (κ1) is 56.5. The molecule has 0 nitrogen and oxygen atoms in total. The van der Waals surface area contributed by atoms with Crippen LogP contribution in [0.15, 0.2) is 0 Å². The van der Waals surface area contributed by atoms with Crippen LogP contribution in [-0.2, 0) is 0 Å². The van der Waals surface area contributed by atoms with Crippen molar-refractivity contribution >= 4 is 52.8 Å². The molecule has 0 aromatic carbocycles. The maximum Gasteiger partial charge on any atom is 0 e. The van der Waals surface area contributed by atoms with Crippen molar-refractivity contribution in [2.75, 3.05) is 0 Å². The zero-order valence-electron chi connectivity index (χ0n) is 3.01. The van der Waals surface area contributed by atoms with Crippen LogP contribution in [0.2, 0.25) is 0 Å². The summed E-state index contributed by atoms with van der Waals surface area (Å²) in [6.07, 6.45) is 0. The van der Waals surface area contributed by atoms with E-state index in [9.17, 15) is 0 Å². The van der Waals surface area contributed by atoms with Crippen LogP contribution in [0.4, 0.5) is 0 Å². The summed E-state index contributed by atoms with van der Waals surface area (Å²) in [5.41, 5.74) is 0. The van der Waals surface area contributed by atoms with Crippen LogP contribution in [0.1, 0.15) is 0 Å². The average Bonchev–Trinajstić information content (AvgIpc) is 0. The van der Waals surface area contributed by atoms with Crippen LogP contribution in [0, 0.1) is 189 Å². The van der Waals surface area contributed by atoms with Crippen LogP contribution in [0.3, 0.4) is 0 Å². The van der Waals surface area contributed by atoms with Crippen molar-refractivity contribution < 1.29 is 189 Å². The zero-order valence-corrected chi connectivity index (χ0v) is 19.0. The molecule has 67 valence electrons. The van der Waals surface area contributed by atoms with E-state index in [0.29, 0.717) is 0 Å². The van der Waals surface area contributed by atoms with Crippen molar-refractivity contribution in [3.8, 4) is 0 Å². The third-order valence-electron chi connectivity index (χ3n) is 0. The standard InChI is InChI=1S/3Ge.5Ho. The molecule has 8 heteroatoms. The van der Waals surface area contributed by atoms with Gasteiger partial charge in [0.2, 0.25) is 0 Å². The second-order valence-electron chi connectivity index (χ2n) is 0. The van der Waals surface area contributed by atoms with E-state index >= 15 is 0 Å². The van der Waals surface area contributed by atoms with Crippen molar-refractivity contribution in [2.24, 2.45) is 0 Å². The van der Waals surface area contributed by atoms with Crippen molar-refractivity contribution in [3.63, 3.8) is 0 Å². The van der Waals surface area contributed by atoms with Gasteiger partial charge in [-0.3, -0.25) is 0 Å². The molecule has 0 aromatic heterocycles. The molecule has 0 aliphatic heterocycles. The molecule has 17 radical (unpaired) electrons. The molecule has 0 heterocycles. The van der Waals surface area contributed by atoms with Gasteiger partial charge in [0.25, 0.3) is 0 Å². The molecule has 0 spiro atoms. The Bertz CT molecular complexity index is 7.64. The Balaban J connectivity index is 0. The molecular weight excluding hydrogens is 1040 g/mol. The number of rotatable bonds is 0. The molecule has 0 bridgehead atoms. The smallest absolute Gasteiger partial charge is 0 e. The van der Waals surface area contributed by atoms with E-state index in [-0.39, 0.29) is 241 Å². The molecule has 0 saturated heterocycles. The Hall–Kier alpha value is 7.93. The van der Waals surface area contributed by atoms with E-state index < -0.39 is 0 Å². The Morgan fingerprint density at radius 3 is 0.250 bits per heavy atom. The van der Waals surface area contributed by atoms with Crippen LogP contribution in [0.5, 0.6) is 0 Å². The molecule has 0 rings (SSSR count). The normalized spacial score (nSPS) is 0. The van der Waals surface area contributed by atoms with E-state index in [0.717, 1.165) is 0 Å². The van der Waals surface area contributed by atoms with Gasteiger partial charge in [-0.15, -0.1) is 0 Å². The maximum absolute atomic E-state index is 0. The molecule has 0 amide bonds. The molecule has 0 aliphatic carbocycles. The first-order valence-electron chi connectivity index (χ1n) is 0. The molecular formula is Ge3Ho5. The Morgan fingerprint density at radius 2 is 0.250 bits per heavy atom. The minimum absolute atomic E-state index is 0. The zero-order chi connectivity index (χ0) is 0. The van der Waals surface area contributed by atoms with Crippen molar-refractivity contribution in [2.45, 2.75) is 0 Å². The van der Waals surface area contributed by atoms with E-state index in [2.05, 4.69) is 0 Å². The number of hydrogen-bond donors (Lipinski definition) is 0. The van der Waals surface area contributed by atoms with E-state index in [1.807, 2.05) is 0 Å². The number of hydrogen-bond acceptors (Lipinski definition) is 0. The van der Waals surface area contributed by atoms with Gasteiger partial charge in [-0.05, 0) is 0 Å². The van der Waals surface area contributed by atoms with Crippen LogP contribution in [-0.4, -0.2) is 52.8 Å².